The zero-order chi connectivity index (χ0) is 35.1. The molecule has 2 aliphatic carbocycles. The van der Waals surface area contributed by atoms with E-state index in [2.05, 4.69) is 106 Å². The molecule has 0 bridgehead atoms. The fourth-order valence-electron chi connectivity index (χ4n) is 6.42. The van der Waals surface area contributed by atoms with Crippen LogP contribution in [-0.2, 0) is 18.4 Å². The van der Waals surface area contributed by atoms with Gasteiger partial charge >= 0.3 is 5.97 Å². The second-order valence-electron chi connectivity index (χ2n) is 17.4. The van der Waals surface area contributed by atoms with Crippen LogP contribution < -0.4 is 0 Å². The van der Waals surface area contributed by atoms with Crippen molar-refractivity contribution in [2.45, 2.75) is 174 Å². The molecule has 5 nitrogen and oxygen atoms in total. The fourth-order valence-corrected chi connectivity index (χ4v) is 9.07. The van der Waals surface area contributed by atoms with Crippen LogP contribution in [0.5, 0.6) is 0 Å². The van der Waals surface area contributed by atoms with Crippen LogP contribution in [0.1, 0.15) is 113 Å². The first-order chi connectivity index (χ1) is 21.1. The lowest BCUT2D eigenvalue weighted by Gasteiger charge is -2.40. The third-order valence-electron chi connectivity index (χ3n) is 11.5. The molecule has 8 heteroatoms. The molecule has 0 aromatic rings. The highest BCUT2D eigenvalue weighted by molar-refractivity contribution is 6.74. The molecule has 0 spiro atoms. The monoisotopic (exact) mass is 680 g/mol. The molecule has 266 valence electrons. The number of ether oxygens (including phenoxy) is 1. The maximum Gasteiger partial charge on any atom is 0.308 e. The van der Waals surface area contributed by atoms with Crippen LogP contribution in [0.15, 0.2) is 12.2 Å². The van der Waals surface area contributed by atoms with Gasteiger partial charge in [0.15, 0.2) is 22.8 Å². The highest BCUT2D eigenvalue weighted by Crippen LogP contribution is 2.45. The van der Waals surface area contributed by atoms with E-state index in [9.17, 15) is 9.90 Å². The molecule has 2 aliphatic rings. The number of aliphatic hydroxyl groups excluding tert-OH is 1. The quantitative estimate of drug-likeness (QED) is 0.0908. The molecular weight excluding hydrogens is 612 g/mol. The fraction of sp³-hybridized carbons (Fsp3) is 0.868. The summed E-state index contributed by atoms with van der Waals surface area (Å²) in [4.78, 5) is 12.1. The summed E-state index contributed by atoms with van der Waals surface area (Å²) in [6.07, 6.45) is 9.51. The predicted molar refractivity (Wildman–Crippen MR) is 194 cm³/mol. The molecule has 46 heavy (non-hydrogen) atoms. The van der Waals surface area contributed by atoms with E-state index >= 15 is 4.39 Å². The van der Waals surface area contributed by atoms with Crippen LogP contribution in [-0.4, -0.2) is 59.3 Å². The van der Waals surface area contributed by atoms with Crippen LogP contribution in [0.3, 0.4) is 0 Å². The summed E-state index contributed by atoms with van der Waals surface area (Å²) < 4.78 is 35.2. The van der Waals surface area contributed by atoms with Gasteiger partial charge < -0.3 is 18.7 Å². The van der Waals surface area contributed by atoms with Gasteiger partial charge in [0.25, 0.3) is 0 Å². The number of unbranched alkanes of at least 4 members (excludes halogenated alkanes) is 1. The number of aliphatic hydroxyl groups is 1. The molecule has 9 atom stereocenters. The van der Waals surface area contributed by atoms with E-state index in [1.54, 1.807) is 0 Å². The molecule has 2 rings (SSSR count). The van der Waals surface area contributed by atoms with E-state index in [0.717, 1.165) is 32.1 Å². The van der Waals surface area contributed by atoms with Gasteiger partial charge in [0.2, 0.25) is 0 Å². The summed E-state index contributed by atoms with van der Waals surface area (Å²) in [6.45, 7) is 27.0. The molecule has 0 aromatic carbocycles. The average Bonchev–Trinajstić information content (AvgIpc) is 3.25. The standard InChI is InChI=1S/C38H69FO5Si2/c1-14-15-17-27(2)24-30(43-45(10,11)37(3,4)5)21-22-31-34(44-46(12,13)38(6,7)8)26-33(40)35(31)32(39)23-20-28-18-16-19-29(25-28)36(41)42-9/h21-22,27-35,40H,14-19,24-26H2,1-13H3/b22-21+/t27-,28?,29?,30+,31-,32-,33-,34+,35-/m0/s1. The van der Waals surface area contributed by atoms with Crippen molar-refractivity contribution >= 4 is 22.6 Å². The van der Waals surface area contributed by atoms with Gasteiger partial charge in [-0.2, -0.15) is 0 Å². The summed E-state index contributed by atoms with van der Waals surface area (Å²) in [5, 5.41) is 11.4. The summed E-state index contributed by atoms with van der Waals surface area (Å²) in [7, 11) is -2.87. The van der Waals surface area contributed by atoms with Gasteiger partial charge in [-0.05, 0) is 74.3 Å². The van der Waals surface area contributed by atoms with E-state index in [0.29, 0.717) is 18.8 Å². The first-order valence-corrected chi connectivity index (χ1v) is 23.9. The highest BCUT2D eigenvalue weighted by atomic mass is 28.4. The van der Waals surface area contributed by atoms with Crippen molar-refractivity contribution in [1.82, 2.24) is 0 Å². The number of rotatable bonds is 13. The van der Waals surface area contributed by atoms with Crippen molar-refractivity contribution in [3.63, 3.8) is 0 Å². The minimum Gasteiger partial charge on any atom is -0.469 e. The van der Waals surface area contributed by atoms with Gasteiger partial charge in [-0.15, -0.1) is 0 Å². The van der Waals surface area contributed by atoms with E-state index in [4.69, 9.17) is 13.6 Å². The minimum absolute atomic E-state index is 0.0148. The van der Waals surface area contributed by atoms with Gasteiger partial charge in [-0.3, -0.25) is 4.79 Å². The SMILES string of the molecule is CCCC[C@H](C)C[C@@H](/C=C/[C@@H]1[C@@H]([C@@H](F)C#CC2CCCC(C(=O)OC)C2)[C@@H](O)C[C@H]1O[Si](C)(C)C(C)(C)C)O[Si](C)(C)C(C)(C)C. The second kappa shape index (κ2) is 17.1. The maximum absolute atomic E-state index is 16.3. The average molecular weight is 681 g/mol. The topological polar surface area (TPSA) is 65.0 Å². The zero-order valence-electron chi connectivity index (χ0n) is 31.7. The molecule has 0 aliphatic heterocycles. The van der Waals surface area contributed by atoms with E-state index in [1.165, 1.54) is 20.0 Å². The molecule has 2 fully saturated rings. The Morgan fingerprint density at radius 3 is 2.24 bits per heavy atom. The number of alkyl halides is 1. The lowest BCUT2D eigenvalue weighted by Crippen LogP contribution is -2.45. The van der Waals surface area contributed by atoms with Crippen LogP contribution in [0.4, 0.5) is 4.39 Å². The predicted octanol–water partition coefficient (Wildman–Crippen LogP) is 9.86. The van der Waals surface area contributed by atoms with E-state index in [-0.39, 0.29) is 46.0 Å². The Balaban J connectivity index is 2.45. The number of methoxy groups -OCH3 is 1. The van der Waals surface area contributed by atoms with Gasteiger partial charge in [0.1, 0.15) is 0 Å². The van der Waals surface area contributed by atoms with Crippen molar-refractivity contribution in [2.75, 3.05) is 7.11 Å². The lowest BCUT2D eigenvalue weighted by atomic mass is 9.81. The molecule has 0 saturated heterocycles. The first kappa shape index (κ1) is 41.2. The van der Waals surface area contributed by atoms with Gasteiger partial charge in [-0.25, -0.2) is 4.39 Å². The van der Waals surface area contributed by atoms with Crippen molar-refractivity contribution in [2.24, 2.45) is 29.6 Å². The summed E-state index contributed by atoms with van der Waals surface area (Å²) >= 11 is 0. The highest BCUT2D eigenvalue weighted by Gasteiger charge is 2.50. The third-order valence-corrected chi connectivity index (χ3v) is 20.5. The zero-order valence-corrected chi connectivity index (χ0v) is 33.7. The Labute approximate surface area is 284 Å². The maximum atomic E-state index is 16.3. The number of hydrogen-bond acceptors (Lipinski definition) is 5. The summed E-state index contributed by atoms with van der Waals surface area (Å²) in [5.74, 6) is 5.16. The van der Waals surface area contributed by atoms with E-state index in [1.807, 2.05) is 0 Å². The molecule has 2 saturated carbocycles. The molecule has 0 amide bonds. The van der Waals surface area contributed by atoms with Crippen molar-refractivity contribution in [3.8, 4) is 11.8 Å². The number of esters is 1. The van der Waals surface area contributed by atoms with Crippen molar-refractivity contribution in [3.05, 3.63) is 12.2 Å². The Bertz CT molecular complexity index is 1050. The van der Waals surface area contributed by atoms with Crippen LogP contribution in [0.2, 0.25) is 36.3 Å². The number of hydrogen-bond donors (Lipinski definition) is 1. The summed E-state index contributed by atoms with van der Waals surface area (Å²) in [5.41, 5.74) is 0. The normalized spacial score (nSPS) is 28.4. The molecular formula is C38H69FO5Si2. The Hall–Kier alpha value is -0.986. The van der Waals surface area contributed by atoms with Gasteiger partial charge in [0.05, 0.1) is 31.3 Å². The Morgan fingerprint density at radius 1 is 1.04 bits per heavy atom. The van der Waals surface area contributed by atoms with Crippen LogP contribution >= 0.6 is 0 Å². The smallest absolute Gasteiger partial charge is 0.308 e. The van der Waals surface area contributed by atoms with Crippen LogP contribution in [0, 0.1) is 41.4 Å². The van der Waals surface area contributed by atoms with E-state index < -0.39 is 34.8 Å². The number of carbonyl (C=O) groups is 1. The number of halogens is 1. The van der Waals surface area contributed by atoms with Crippen molar-refractivity contribution < 1.29 is 27.9 Å². The summed E-state index contributed by atoms with van der Waals surface area (Å²) in [6, 6.07) is 0. The first-order valence-electron chi connectivity index (χ1n) is 18.1. The lowest BCUT2D eigenvalue weighted by molar-refractivity contribution is -0.146. The Kier molecular flexibility index (Phi) is 15.3. The largest absolute Gasteiger partial charge is 0.469 e. The molecule has 2 unspecified atom stereocenters. The Morgan fingerprint density at radius 2 is 1.67 bits per heavy atom. The van der Waals surface area contributed by atoms with Gasteiger partial charge in [0, 0.05) is 17.8 Å². The molecule has 0 heterocycles. The number of carbonyl (C=O) groups excluding carboxylic acids is 1. The van der Waals surface area contributed by atoms with Crippen LogP contribution in [0.25, 0.3) is 0 Å². The molecule has 0 aromatic heterocycles. The van der Waals surface area contributed by atoms with Gasteiger partial charge in [-0.1, -0.05) is 105 Å². The van der Waals surface area contributed by atoms with Crippen molar-refractivity contribution in [1.29, 1.82) is 0 Å². The molecule has 1 N–H and O–H groups in total. The minimum atomic E-state index is -2.21. The second-order valence-corrected chi connectivity index (χ2v) is 26.9. The molecule has 0 radical (unpaired) electrons. The third kappa shape index (κ3) is 11.6.